The second-order valence-electron chi connectivity index (χ2n) is 4.97. The lowest BCUT2D eigenvalue weighted by Crippen LogP contribution is -2.46. The number of fused-ring (bicyclic) bond motifs is 1. The Labute approximate surface area is 106 Å². The number of nitrogens with zero attached hydrogens (tertiary/aromatic N) is 1. The van der Waals surface area contributed by atoms with E-state index in [0.29, 0.717) is 12.3 Å². The van der Waals surface area contributed by atoms with Crippen molar-refractivity contribution < 1.29 is 19.4 Å². The molecule has 0 aromatic rings. The van der Waals surface area contributed by atoms with E-state index in [2.05, 4.69) is 6.58 Å². The first-order chi connectivity index (χ1) is 8.65. The number of hydrogen-bond acceptors (Lipinski definition) is 3. The standard InChI is InChI=1S/C13H19NO4/c1-2-7-18-13(17)14-10-6-4-3-5-9(10)8-11(14)12(15)16/h2,9-11H,1,3-8H2,(H,15,16)/t9-,10-,11-/m0/s1. The Hall–Kier alpha value is -1.52. The number of rotatable bonds is 3. The lowest BCUT2D eigenvalue weighted by Gasteiger charge is -2.32. The number of amides is 1. The van der Waals surface area contributed by atoms with Gasteiger partial charge in [-0.2, -0.15) is 0 Å². The van der Waals surface area contributed by atoms with Crippen molar-refractivity contribution in [2.75, 3.05) is 6.61 Å². The van der Waals surface area contributed by atoms with Crippen LogP contribution in [0.2, 0.25) is 0 Å². The van der Waals surface area contributed by atoms with Crippen molar-refractivity contribution in [1.82, 2.24) is 4.90 Å². The van der Waals surface area contributed by atoms with Gasteiger partial charge >= 0.3 is 12.1 Å². The molecule has 1 heterocycles. The minimum atomic E-state index is -0.931. The number of aliphatic carboxylic acids is 1. The third-order valence-electron chi connectivity index (χ3n) is 3.91. The fourth-order valence-corrected chi connectivity index (χ4v) is 3.15. The van der Waals surface area contributed by atoms with Crippen LogP contribution in [0.4, 0.5) is 4.79 Å². The van der Waals surface area contributed by atoms with Gasteiger partial charge in [0.15, 0.2) is 0 Å². The molecule has 0 radical (unpaired) electrons. The van der Waals surface area contributed by atoms with Crippen molar-refractivity contribution in [1.29, 1.82) is 0 Å². The Morgan fingerprint density at radius 2 is 2.11 bits per heavy atom. The number of carboxylic acid groups (broad SMARTS) is 1. The maximum absolute atomic E-state index is 12.0. The monoisotopic (exact) mass is 253 g/mol. The molecule has 3 atom stereocenters. The van der Waals surface area contributed by atoms with E-state index in [1.54, 1.807) is 0 Å². The predicted molar refractivity (Wildman–Crippen MR) is 65.2 cm³/mol. The fraction of sp³-hybridized carbons (Fsp3) is 0.692. The fourth-order valence-electron chi connectivity index (χ4n) is 3.15. The molecular formula is C13H19NO4. The number of carboxylic acids is 1. The molecule has 2 rings (SSSR count). The summed E-state index contributed by atoms with van der Waals surface area (Å²) in [5.41, 5.74) is 0. The van der Waals surface area contributed by atoms with Gasteiger partial charge in [0.25, 0.3) is 0 Å². The highest BCUT2D eigenvalue weighted by Gasteiger charge is 2.48. The SMILES string of the molecule is C=CCOC(=O)N1[C@H](C(=O)O)C[C@@H]2CCCC[C@@H]21. The second-order valence-corrected chi connectivity index (χ2v) is 4.97. The van der Waals surface area contributed by atoms with E-state index in [1.807, 2.05) is 0 Å². The highest BCUT2D eigenvalue weighted by atomic mass is 16.6. The molecule has 1 aliphatic carbocycles. The Morgan fingerprint density at radius 1 is 1.39 bits per heavy atom. The molecule has 0 bridgehead atoms. The highest BCUT2D eigenvalue weighted by molar-refractivity contribution is 5.81. The molecule has 1 saturated heterocycles. The van der Waals surface area contributed by atoms with Gasteiger partial charge in [0.05, 0.1) is 0 Å². The summed E-state index contributed by atoms with van der Waals surface area (Å²) in [4.78, 5) is 24.7. The van der Waals surface area contributed by atoms with Crippen LogP contribution in [0, 0.1) is 5.92 Å². The zero-order valence-corrected chi connectivity index (χ0v) is 10.4. The Morgan fingerprint density at radius 3 is 2.78 bits per heavy atom. The summed E-state index contributed by atoms with van der Waals surface area (Å²) in [5, 5.41) is 9.24. The van der Waals surface area contributed by atoms with Crippen molar-refractivity contribution >= 4 is 12.1 Å². The number of carbonyl (C=O) groups excluding carboxylic acids is 1. The van der Waals surface area contributed by atoms with Crippen LogP contribution in [0.3, 0.4) is 0 Å². The normalized spacial score (nSPS) is 30.7. The number of ether oxygens (including phenoxy) is 1. The van der Waals surface area contributed by atoms with Gasteiger partial charge in [0, 0.05) is 6.04 Å². The van der Waals surface area contributed by atoms with Crippen LogP contribution in [0.15, 0.2) is 12.7 Å². The molecule has 100 valence electrons. The average Bonchev–Trinajstić information content (AvgIpc) is 2.75. The topological polar surface area (TPSA) is 66.8 Å². The zero-order valence-electron chi connectivity index (χ0n) is 10.4. The summed E-state index contributed by atoms with van der Waals surface area (Å²) in [6, 6.07) is -0.687. The van der Waals surface area contributed by atoms with Crippen molar-refractivity contribution in [3.63, 3.8) is 0 Å². The quantitative estimate of drug-likeness (QED) is 0.781. The molecule has 1 amide bonds. The van der Waals surface area contributed by atoms with E-state index in [9.17, 15) is 14.7 Å². The minimum Gasteiger partial charge on any atom is -0.480 e. The first-order valence-electron chi connectivity index (χ1n) is 6.44. The van der Waals surface area contributed by atoms with Crippen molar-refractivity contribution in [3.8, 4) is 0 Å². The van der Waals surface area contributed by atoms with E-state index in [1.165, 1.54) is 11.0 Å². The zero-order chi connectivity index (χ0) is 13.1. The van der Waals surface area contributed by atoms with E-state index >= 15 is 0 Å². The van der Waals surface area contributed by atoms with Gasteiger partial charge in [-0.05, 0) is 25.2 Å². The summed E-state index contributed by atoms with van der Waals surface area (Å²) in [6.45, 7) is 3.61. The molecule has 5 heteroatoms. The Balaban J connectivity index is 2.13. The van der Waals surface area contributed by atoms with Crippen LogP contribution in [0.1, 0.15) is 32.1 Å². The van der Waals surface area contributed by atoms with Crippen LogP contribution in [0.5, 0.6) is 0 Å². The first kappa shape index (κ1) is 12.9. The molecule has 0 aromatic heterocycles. The number of likely N-dealkylation sites (tertiary alicyclic amines) is 1. The van der Waals surface area contributed by atoms with Crippen molar-refractivity contribution in [2.24, 2.45) is 5.92 Å². The smallest absolute Gasteiger partial charge is 0.411 e. The van der Waals surface area contributed by atoms with Crippen LogP contribution in [-0.2, 0) is 9.53 Å². The molecule has 5 nitrogen and oxygen atoms in total. The molecular weight excluding hydrogens is 234 g/mol. The lowest BCUT2D eigenvalue weighted by atomic mass is 9.85. The summed E-state index contributed by atoms with van der Waals surface area (Å²) in [6.07, 6.45) is 5.61. The van der Waals surface area contributed by atoms with Gasteiger partial charge in [-0.25, -0.2) is 9.59 Å². The Bertz CT molecular complexity index is 355. The van der Waals surface area contributed by atoms with Crippen LogP contribution >= 0.6 is 0 Å². The Kier molecular flexibility index (Phi) is 3.89. The molecule has 2 fully saturated rings. The van der Waals surface area contributed by atoms with E-state index in [-0.39, 0.29) is 12.6 Å². The number of carbonyl (C=O) groups is 2. The maximum atomic E-state index is 12.0. The average molecular weight is 253 g/mol. The maximum Gasteiger partial charge on any atom is 0.411 e. The van der Waals surface area contributed by atoms with Gasteiger partial charge in [-0.15, -0.1) is 0 Å². The van der Waals surface area contributed by atoms with Gasteiger partial charge in [0.2, 0.25) is 0 Å². The first-order valence-corrected chi connectivity index (χ1v) is 6.44. The highest BCUT2D eigenvalue weighted by Crippen LogP contribution is 2.40. The van der Waals surface area contributed by atoms with Crippen molar-refractivity contribution in [3.05, 3.63) is 12.7 Å². The van der Waals surface area contributed by atoms with E-state index in [4.69, 9.17) is 4.74 Å². The van der Waals surface area contributed by atoms with Crippen LogP contribution in [0.25, 0.3) is 0 Å². The van der Waals surface area contributed by atoms with Gasteiger partial charge in [-0.3, -0.25) is 4.90 Å². The summed E-state index contributed by atoms with van der Waals surface area (Å²) in [7, 11) is 0. The van der Waals surface area contributed by atoms with E-state index < -0.39 is 18.1 Å². The van der Waals surface area contributed by atoms with Crippen LogP contribution < -0.4 is 0 Å². The summed E-state index contributed by atoms with van der Waals surface area (Å²) >= 11 is 0. The minimum absolute atomic E-state index is 0.0390. The lowest BCUT2D eigenvalue weighted by molar-refractivity contribution is -0.142. The molecule has 2 aliphatic rings. The second kappa shape index (κ2) is 5.42. The third-order valence-corrected chi connectivity index (χ3v) is 3.91. The molecule has 1 aliphatic heterocycles. The molecule has 18 heavy (non-hydrogen) atoms. The number of hydrogen-bond donors (Lipinski definition) is 1. The summed E-state index contributed by atoms with van der Waals surface area (Å²) in [5.74, 6) is -0.615. The molecule has 0 aromatic carbocycles. The largest absolute Gasteiger partial charge is 0.480 e. The molecule has 1 saturated carbocycles. The molecule has 0 unspecified atom stereocenters. The third kappa shape index (κ3) is 2.35. The predicted octanol–water partition coefficient (Wildman–Crippen LogP) is 2.03. The summed E-state index contributed by atoms with van der Waals surface area (Å²) < 4.78 is 5.01. The van der Waals surface area contributed by atoms with Gasteiger partial charge < -0.3 is 9.84 Å². The molecule has 1 N–H and O–H groups in total. The van der Waals surface area contributed by atoms with Crippen molar-refractivity contribution in [2.45, 2.75) is 44.2 Å². The van der Waals surface area contributed by atoms with Crippen LogP contribution in [-0.4, -0.2) is 40.8 Å². The van der Waals surface area contributed by atoms with E-state index in [0.717, 1.165) is 25.7 Å². The van der Waals surface area contributed by atoms with Gasteiger partial charge in [-0.1, -0.05) is 25.5 Å². The molecule has 0 spiro atoms. The van der Waals surface area contributed by atoms with Gasteiger partial charge in [0.1, 0.15) is 12.6 Å².